The van der Waals surface area contributed by atoms with E-state index in [0.717, 1.165) is 17.9 Å². The molecule has 0 aromatic carbocycles. The third kappa shape index (κ3) is 1.82. The summed E-state index contributed by atoms with van der Waals surface area (Å²) in [5, 5.41) is 2.68. The molecular weight excluding hydrogens is 341 g/mol. The zero-order valence-corrected chi connectivity index (χ0v) is 11.8. The lowest BCUT2D eigenvalue weighted by molar-refractivity contribution is 0.0748. The minimum atomic E-state index is 0.238. The summed E-state index contributed by atoms with van der Waals surface area (Å²) in [6.07, 6.45) is 1.21. The average molecular weight is 351 g/mol. The van der Waals surface area contributed by atoms with E-state index in [1.807, 2.05) is 23.2 Å². The Labute approximate surface area is 111 Å². The van der Waals surface area contributed by atoms with Gasteiger partial charge in [0.15, 0.2) is 0 Å². The Bertz CT molecular complexity index is 406. The molecule has 15 heavy (non-hydrogen) atoms. The van der Waals surface area contributed by atoms with E-state index in [9.17, 15) is 4.79 Å². The number of likely N-dealkylation sites (tertiary alicyclic amines) is 1. The second-order valence-corrected chi connectivity index (χ2v) is 8.08. The summed E-state index contributed by atoms with van der Waals surface area (Å²) in [6.45, 7) is 0.959. The molecule has 0 aliphatic carbocycles. The number of hydrogen-bond acceptors (Lipinski definition) is 3. The maximum Gasteiger partial charge on any atom is 0.255 e. The highest BCUT2D eigenvalue weighted by atomic mass is 127. The van der Waals surface area contributed by atoms with Gasteiger partial charge in [0, 0.05) is 29.0 Å². The van der Waals surface area contributed by atoms with Gasteiger partial charge in [-0.2, -0.15) is 11.8 Å². The maximum atomic E-state index is 12.2. The summed E-state index contributed by atoms with van der Waals surface area (Å²) in [5.41, 5.74) is 0.877. The third-order valence-corrected chi connectivity index (χ3v) is 6.15. The molecule has 5 heteroatoms. The van der Waals surface area contributed by atoms with E-state index in [1.54, 1.807) is 11.3 Å². The van der Waals surface area contributed by atoms with Crippen LogP contribution in [0.2, 0.25) is 0 Å². The topological polar surface area (TPSA) is 20.3 Å². The lowest BCUT2D eigenvalue weighted by Gasteiger charge is -2.26. The van der Waals surface area contributed by atoms with E-state index in [4.69, 9.17) is 0 Å². The quantitative estimate of drug-likeness (QED) is 0.725. The number of hydrogen-bond donors (Lipinski definition) is 0. The molecule has 3 heterocycles. The van der Waals surface area contributed by atoms with Crippen LogP contribution in [-0.4, -0.2) is 34.4 Å². The molecular formula is C10H10INOS2. The first-order valence-corrected chi connectivity index (χ1v) is 7.91. The first kappa shape index (κ1) is 10.4. The van der Waals surface area contributed by atoms with E-state index < -0.39 is 0 Å². The second-order valence-electron chi connectivity index (χ2n) is 3.94. The van der Waals surface area contributed by atoms with Crippen LogP contribution in [0, 0.1) is 2.88 Å². The van der Waals surface area contributed by atoms with Crippen LogP contribution in [0.15, 0.2) is 11.4 Å². The lowest BCUT2D eigenvalue weighted by Crippen LogP contribution is -2.38. The maximum absolute atomic E-state index is 12.2. The van der Waals surface area contributed by atoms with Crippen molar-refractivity contribution in [2.45, 2.75) is 17.7 Å². The van der Waals surface area contributed by atoms with E-state index in [0.29, 0.717) is 11.3 Å². The molecule has 3 rings (SSSR count). The van der Waals surface area contributed by atoms with E-state index in [-0.39, 0.29) is 5.91 Å². The minimum absolute atomic E-state index is 0.238. The summed E-state index contributed by atoms with van der Waals surface area (Å²) >= 11 is 5.93. The summed E-state index contributed by atoms with van der Waals surface area (Å²) in [4.78, 5) is 14.2. The smallest absolute Gasteiger partial charge is 0.255 e. The standard InChI is InChI=1S/C10H10INOS2/c11-9-1-6(4-15-9)10(13)12-3-8-2-7(12)5-14-8/h1,4,7-8H,2-3,5H2. The molecule has 0 radical (unpaired) electrons. The van der Waals surface area contributed by atoms with E-state index >= 15 is 0 Å². The van der Waals surface area contributed by atoms with Crippen LogP contribution < -0.4 is 0 Å². The van der Waals surface area contributed by atoms with Gasteiger partial charge >= 0.3 is 0 Å². The number of carbonyl (C=O) groups excluding carboxylic acids is 1. The van der Waals surface area contributed by atoms with Crippen LogP contribution in [0.1, 0.15) is 16.8 Å². The Morgan fingerprint density at radius 3 is 3.00 bits per heavy atom. The van der Waals surface area contributed by atoms with Gasteiger partial charge < -0.3 is 4.90 Å². The van der Waals surface area contributed by atoms with Crippen molar-refractivity contribution in [2.75, 3.05) is 12.3 Å². The first-order chi connectivity index (χ1) is 7.24. The highest BCUT2D eigenvalue weighted by Crippen LogP contribution is 2.38. The molecule has 1 aromatic heterocycles. The van der Waals surface area contributed by atoms with Crippen LogP contribution in [-0.2, 0) is 0 Å². The molecule has 2 saturated heterocycles. The SMILES string of the molecule is O=C(c1csc(I)c1)N1CC2CC1CS2. The molecule has 2 nitrogen and oxygen atoms in total. The predicted molar refractivity (Wildman–Crippen MR) is 72.7 cm³/mol. The van der Waals surface area contributed by atoms with Crippen LogP contribution in [0.3, 0.4) is 0 Å². The summed E-state index contributed by atoms with van der Waals surface area (Å²) in [6, 6.07) is 2.50. The molecule has 2 fully saturated rings. The number of thioether (sulfide) groups is 1. The van der Waals surface area contributed by atoms with Crippen LogP contribution in [0.5, 0.6) is 0 Å². The number of nitrogens with zero attached hydrogens (tertiary/aromatic N) is 1. The lowest BCUT2D eigenvalue weighted by atomic mass is 10.2. The zero-order chi connectivity index (χ0) is 10.4. The predicted octanol–water partition coefficient (Wildman–Crippen LogP) is 2.68. The van der Waals surface area contributed by atoms with Crippen molar-refractivity contribution in [3.05, 3.63) is 19.9 Å². The molecule has 2 aliphatic heterocycles. The van der Waals surface area contributed by atoms with Gasteiger partial charge in [0.2, 0.25) is 0 Å². The van der Waals surface area contributed by atoms with Gasteiger partial charge in [0.25, 0.3) is 5.91 Å². The fraction of sp³-hybridized carbons (Fsp3) is 0.500. The van der Waals surface area contributed by atoms with Crippen molar-refractivity contribution in [3.63, 3.8) is 0 Å². The second kappa shape index (κ2) is 3.92. The fourth-order valence-electron chi connectivity index (χ4n) is 2.24. The van der Waals surface area contributed by atoms with Gasteiger partial charge in [0.1, 0.15) is 0 Å². The Hall–Kier alpha value is 0.250. The van der Waals surface area contributed by atoms with Crippen molar-refractivity contribution in [2.24, 2.45) is 0 Å². The fourth-order valence-corrected chi connectivity index (χ4v) is 4.99. The van der Waals surface area contributed by atoms with Gasteiger partial charge in [-0.05, 0) is 35.1 Å². The zero-order valence-electron chi connectivity index (χ0n) is 7.98. The number of thiophene rings is 1. The largest absolute Gasteiger partial charge is 0.334 e. The highest BCUT2D eigenvalue weighted by molar-refractivity contribution is 14.1. The van der Waals surface area contributed by atoms with E-state index in [2.05, 4.69) is 27.5 Å². The molecule has 2 atom stereocenters. The molecule has 1 amide bonds. The molecule has 80 valence electrons. The summed E-state index contributed by atoms with van der Waals surface area (Å²) in [5.74, 6) is 1.37. The van der Waals surface area contributed by atoms with Crippen LogP contribution in [0.4, 0.5) is 0 Å². The Morgan fingerprint density at radius 1 is 1.60 bits per heavy atom. The number of carbonyl (C=O) groups is 1. The number of halogens is 1. The Balaban J connectivity index is 1.81. The van der Waals surface area contributed by atoms with Gasteiger partial charge in [-0.1, -0.05) is 0 Å². The Kier molecular flexibility index (Phi) is 2.72. The molecule has 0 N–H and O–H groups in total. The molecule has 2 aliphatic rings. The van der Waals surface area contributed by atoms with Gasteiger partial charge in [-0.25, -0.2) is 0 Å². The third-order valence-electron chi connectivity index (χ3n) is 2.98. The first-order valence-electron chi connectivity index (χ1n) is 4.90. The Morgan fingerprint density at radius 2 is 2.47 bits per heavy atom. The number of rotatable bonds is 1. The van der Waals surface area contributed by atoms with E-state index in [1.165, 1.54) is 9.30 Å². The molecule has 0 saturated carbocycles. The average Bonchev–Trinajstić information content (AvgIpc) is 2.90. The van der Waals surface area contributed by atoms with Crippen molar-refractivity contribution < 1.29 is 4.79 Å². The van der Waals surface area contributed by atoms with Crippen molar-refractivity contribution in [1.82, 2.24) is 4.90 Å². The van der Waals surface area contributed by atoms with Gasteiger partial charge in [-0.15, -0.1) is 11.3 Å². The van der Waals surface area contributed by atoms with Crippen molar-refractivity contribution in [3.8, 4) is 0 Å². The normalized spacial score (nSPS) is 28.7. The van der Waals surface area contributed by atoms with Crippen molar-refractivity contribution >= 4 is 51.6 Å². The van der Waals surface area contributed by atoms with Crippen molar-refractivity contribution in [1.29, 1.82) is 0 Å². The molecule has 2 bridgehead atoms. The minimum Gasteiger partial charge on any atom is -0.334 e. The molecule has 1 aromatic rings. The molecule has 0 spiro atoms. The van der Waals surface area contributed by atoms with Gasteiger partial charge in [-0.3, -0.25) is 4.79 Å². The highest BCUT2D eigenvalue weighted by Gasteiger charge is 2.41. The monoisotopic (exact) mass is 351 g/mol. The van der Waals surface area contributed by atoms with Crippen LogP contribution in [0.25, 0.3) is 0 Å². The molecule has 2 unspecified atom stereocenters. The van der Waals surface area contributed by atoms with Gasteiger partial charge in [0.05, 0.1) is 8.45 Å². The van der Waals surface area contributed by atoms with Crippen LogP contribution >= 0.6 is 45.7 Å². The number of amides is 1. The number of fused-ring (bicyclic) bond motifs is 2. The summed E-state index contributed by atoms with van der Waals surface area (Å²) < 4.78 is 1.19. The summed E-state index contributed by atoms with van der Waals surface area (Å²) in [7, 11) is 0.